The summed E-state index contributed by atoms with van der Waals surface area (Å²) >= 11 is 0. The van der Waals surface area contributed by atoms with E-state index in [2.05, 4.69) is 13.8 Å². The van der Waals surface area contributed by atoms with E-state index in [1.165, 1.54) is 38.5 Å². The number of alkyl halides is 24. The highest BCUT2D eigenvalue weighted by atomic mass is 19.4. The average Bonchev–Trinajstić information content (AvgIpc) is 0.776. The van der Waals surface area contributed by atoms with Crippen molar-refractivity contribution in [2.75, 3.05) is 13.1 Å². The first-order chi connectivity index (χ1) is 42.7. The summed E-state index contributed by atoms with van der Waals surface area (Å²) in [4.78, 5) is -0.136. The van der Waals surface area contributed by atoms with E-state index in [4.69, 9.17) is 14.0 Å². The van der Waals surface area contributed by atoms with Gasteiger partial charge in [-0.05, 0) is 74.2 Å². The molecule has 4 nitrogen and oxygen atoms in total. The number of hydrogen-bond acceptors (Lipinski definition) is 3. The first-order valence-electron chi connectivity index (χ1n) is 30.6. The molecule has 0 amide bonds. The Labute approximate surface area is 520 Å². The van der Waals surface area contributed by atoms with Gasteiger partial charge in [0.1, 0.15) is 17.1 Å². The van der Waals surface area contributed by atoms with Crippen LogP contribution in [0.1, 0.15) is 232 Å². The van der Waals surface area contributed by atoms with Crippen LogP contribution in [0.15, 0.2) is 66.7 Å². The van der Waals surface area contributed by atoms with Crippen LogP contribution in [-0.2, 0) is 49.4 Å². The molecule has 0 aliphatic heterocycles. The van der Waals surface area contributed by atoms with Crippen LogP contribution in [0.2, 0.25) is 0 Å². The fourth-order valence-corrected chi connectivity index (χ4v) is 9.91. The van der Waals surface area contributed by atoms with Gasteiger partial charge in [-0.3, -0.25) is 4.90 Å². The number of halogens is 24. The standard InChI is InChI=1S/C55H72BF18NO3.C8H3F6/c1-3-5-7-9-11-13-15-16-17-18-19-21-23-25-27-29-31-75(30-28-26-24-22-20-14-12-10-8-6-4-2)49-47(55(72,73)74)38-44(54(69,70)71)39-48(49)78-56(76-45-34-40(50(57,58)59)32-41(35-45)51(60,61)62)77-46-36-42(52(63,64)65)33-43(37-46)53(66,67)68;9-7(10,11)5-2-1-3-6(4-5)8(12,13)14/h32-39H,3-31H2,1-2H3;2-4H/q;-1/p+1. The molecule has 0 saturated carbocycles. The van der Waals surface area contributed by atoms with E-state index in [0.29, 0.717) is 37.8 Å². The molecule has 0 radical (unpaired) electrons. The maximum atomic E-state index is 15.3. The molecule has 4 aromatic carbocycles. The third-order valence-electron chi connectivity index (χ3n) is 14.8. The number of quaternary nitrogens is 1. The molecule has 1 unspecified atom stereocenters. The van der Waals surface area contributed by atoms with Crippen molar-refractivity contribution in [3.8, 4) is 17.2 Å². The lowest BCUT2D eigenvalue weighted by atomic mass is 10.0. The molecule has 522 valence electrons. The Bertz CT molecular complexity index is 2580. The van der Waals surface area contributed by atoms with Crippen LogP contribution in [0.5, 0.6) is 17.2 Å². The summed E-state index contributed by atoms with van der Waals surface area (Å²) in [6, 6.07) is 1.29. The lowest BCUT2D eigenvalue weighted by Gasteiger charge is -2.27. The molecule has 92 heavy (non-hydrogen) atoms. The van der Waals surface area contributed by atoms with Crippen LogP contribution in [-0.4, -0.2) is 20.4 Å². The second-order valence-electron chi connectivity index (χ2n) is 22.5. The van der Waals surface area contributed by atoms with E-state index in [-0.39, 0.29) is 85.4 Å². The van der Waals surface area contributed by atoms with Crippen molar-refractivity contribution in [3.63, 3.8) is 0 Å². The molecule has 0 bridgehead atoms. The number of benzene rings is 4. The van der Waals surface area contributed by atoms with E-state index in [9.17, 15) is 92.2 Å². The minimum Gasteiger partial charge on any atom is -0.490 e. The molecule has 0 aromatic heterocycles. The lowest BCUT2D eigenvalue weighted by molar-refractivity contribution is -0.834. The van der Waals surface area contributed by atoms with Crippen LogP contribution in [0.3, 0.4) is 0 Å². The summed E-state index contributed by atoms with van der Waals surface area (Å²) < 4.78 is 345. The molecule has 1 N–H and O–H groups in total. The monoisotopic (exact) mass is 1360 g/mol. The van der Waals surface area contributed by atoms with E-state index >= 15 is 13.2 Å². The van der Waals surface area contributed by atoms with Crippen LogP contribution in [0.25, 0.3) is 0 Å². The Kier molecular flexibility index (Phi) is 32.6. The SMILES string of the molecule is CCCCCCCCCCCCCCCCCC[NH+](CCCCCCCCCCCCC)c1c(OB(Oc2cc(C(F)(F)F)cc(C(F)(F)F)c2)Oc2cc(C(F)(F)F)cc(C(F)(F)F)c2)cc(C(F)(F)F)cc1C(F)(F)F.FC(F)(F)c1c[c-]cc(C(F)(F)F)c1. The van der Waals surface area contributed by atoms with Gasteiger partial charge in [-0.2, -0.15) is 124 Å². The van der Waals surface area contributed by atoms with Crippen LogP contribution in [0.4, 0.5) is 111 Å². The molecule has 4 rings (SSSR count). The van der Waals surface area contributed by atoms with Gasteiger partial charge in [-0.1, -0.05) is 173 Å². The van der Waals surface area contributed by atoms with Gasteiger partial charge in [0.2, 0.25) is 0 Å². The van der Waals surface area contributed by atoms with Gasteiger partial charge in [-0.15, -0.1) is 6.07 Å². The largest absolute Gasteiger partial charge is 0.864 e. The van der Waals surface area contributed by atoms with E-state index in [1.54, 1.807) is 6.07 Å². The molecule has 1 atom stereocenters. The van der Waals surface area contributed by atoms with Gasteiger partial charge in [0.25, 0.3) is 0 Å². The third kappa shape index (κ3) is 30.4. The third-order valence-corrected chi connectivity index (χ3v) is 14.8. The Balaban J connectivity index is 0.00000139. The highest BCUT2D eigenvalue weighted by Gasteiger charge is 2.47. The zero-order chi connectivity index (χ0) is 69.2. The Morgan fingerprint density at radius 2 is 0.543 bits per heavy atom. The lowest BCUT2D eigenvalue weighted by Crippen LogP contribution is -3.07. The molecule has 4 aromatic rings. The summed E-state index contributed by atoms with van der Waals surface area (Å²) in [7, 11) is -3.26. The fourth-order valence-electron chi connectivity index (χ4n) is 9.91. The molecular formula is C63H76BF24NO3. The summed E-state index contributed by atoms with van der Waals surface area (Å²) in [6.45, 7) is 3.86. The maximum absolute atomic E-state index is 15.3. The van der Waals surface area contributed by atoms with Gasteiger partial charge in [0.15, 0.2) is 11.4 Å². The van der Waals surface area contributed by atoms with Crippen LogP contribution in [0, 0.1) is 6.07 Å². The summed E-state index contributed by atoms with van der Waals surface area (Å²) in [5.41, 5.74) is -16.1. The first kappa shape index (κ1) is 80.9. The van der Waals surface area contributed by atoms with Crippen LogP contribution >= 0.6 is 0 Å². The minimum atomic E-state index is -5.63. The molecule has 0 fully saturated rings. The first-order valence-corrected chi connectivity index (χ1v) is 30.6. The van der Waals surface area contributed by atoms with Crippen molar-refractivity contribution in [1.82, 2.24) is 0 Å². The van der Waals surface area contributed by atoms with Crippen molar-refractivity contribution in [3.05, 3.63) is 117 Å². The number of unbranched alkanes of at least 4 members (excludes halogenated alkanes) is 25. The topological polar surface area (TPSA) is 32.1 Å². The summed E-state index contributed by atoms with van der Waals surface area (Å²) in [6.07, 6.45) is -18.4. The number of hydrogen-bond donors (Lipinski definition) is 1. The minimum absolute atomic E-state index is 0.0129. The Hall–Kier alpha value is -5.38. The number of nitrogens with one attached hydrogen (secondary N) is 1. The molecule has 0 spiro atoms. The molecule has 0 aliphatic rings. The second-order valence-corrected chi connectivity index (χ2v) is 22.5. The normalized spacial score (nSPS) is 13.2. The fraction of sp³-hybridized carbons (Fsp3) is 0.619. The predicted molar refractivity (Wildman–Crippen MR) is 299 cm³/mol. The quantitative estimate of drug-likeness (QED) is 0.0213. The zero-order valence-corrected chi connectivity index (χ0v) is 50.7. The van der Waals surface area contributed by atoms with Gasteiger partial charge < -0.3 is 14.0 Å². The van der Waals surface area contributed by atoms with Crippen molar-refractivity contribution < 1.29 is 124 Å². The maximum Gasteiger partial charge on any atom is 0.864 e. The molecule has 0 heterocycles. The van der Waals surface area contributed by atoms with Crippen molar-refractivity contribution in [2.45, 2.75) is 237 Å². The Morgan fingerprint density at radius 3 is 0.804 bits per heavy atom. The van der Waals surface area contributed by atoms with E-state index in [1.807, 2.05) is 0 Å². The van der Waals surface area contributed by atoms with Crippen LogP contribution < -0.4 is 18.9 Å². The average molecular weight is 1360 g/mol. The Morgan fingerprint density at radius 1 is 0.293 bits per heavy atom. The summed E-state index contributed by atoms with van der Waals surface area (Å²) in [5.74, 6) is -4.57. The predicted octanol–water partition coefficient (Wildman–Crippen LogP) is 23.9. The molecule has 0 aliphatic carbocycles. The van der Waals surface area contributed by atoms with Crippen molar-refractivity contribution in [2.24, 2.45) is 0 Å². The van der Waals surface area contributed by atoms with Crippen molar-refractivity contribution in [1.29, 1.82) is 0 Å². The molecular weight excluding hydrogens is 1290 g/mol. The molecule has 0 saturated heterocycles. The number of rotatable bonds is 36. The molecule has 29 heteroatoms. The highest BCUT2D eigenvalue weighted by molar-refractivity contribution is 6.39. The summed E-state index contributed by atoms with van der Waals surface area (Å²) in [5, 5.41) is 0. The van der Waals surface area contributed by atoms with Gasteiger partial charge in [0.05, 0.1) is 40.9 Å². The smallest absolute Gasteiger partial charge is 0.490 e. The highest BCUT2D eigenvalue weighted by Crippen LogP contribution is 2.45. The second kappa shape index (κ2) is 37.1. The van der Waals surface area contributed by atoms with Gasteiger partial charge in [0, 0.05) is 0 Å². The zero-order valence-electron chi connectivity index (χ0n) is 50.7. The van der Waals surface area contributed by atoms with E-state index < -0.39 is 124 Å². The van der Waals surface area contributed by atoms with Gasteiger partial charge in [-0.25, -0.2) is 0 Å². The van der Waals surface area contributed by atoms with E-state index in [0.717, 1.165) is 96.3 Å². The van der Waals surface area contributed by atoms with Gasteiger partial charge >= 0.3 is 56.7 Å². The van der Waals surface area contributed by atoms with Crippen molar-refractivity contribution >= 4 is 13.0 Å².